The van der Waals surface area contributed by atoms with E-state index in [1.54, 1.807) is 0 Å². The van der Waals surface area contributed by atoms with Gasteiger partial charge in [-0.2, -0.15) is 0 Å². The summed E-state index contributed by atoms with van der Waals surface area (Å²) in [6.07, 6.45) is 0. The molecule has 0 amide bonds. The Balaban J connectivity index is 0. The van der Waals surface area contributed by atoms with Crippen LogP contribution in [-0.2, 0) is 13.9 Å². The zero-order chi connectivity index (χ0) is 3.58. The number of hydrogen-bond acceptors (Lipinski definition) is 0. The maximum atomic E-state index is 2.19. The van der Waals surface area contributed by atoms with Crippen molar-refractivity contribution in [2.75, 3.05) is 0 Å². The first-order chi connectivity index (χ1) is 1.73. The van der Waals surface area contributed by atoms with Gasteiger partial charge in [0.15, 0.2) is 0 Å². The molecular formula is C3H10CuLi. The molecular weight excluding hydrogens is 107 g/mol. The zero-order valence-electron chi connectivity index (χ0n) is 3.30. The van der Waals surface area contributed by atoms with Crippen LogP contribution in [0.15, 0.2) is 0 Å². The van der Waals surface area contributed by atoms with Crippen molar-refractivity contribution in [2.45, 2.75) is 17.5 Å². The van der Waals surface area contributed by atoms with Gasteiger partial charge in [0, 0.05) is 0 Å². The Morgan fingerprint density at radius 3 is 1.00 bits per heavy atom. The van der Waals surface area contributed by atoms with E-state index in [1.807, 2.05) is 0 Å². The average Bonchev–Trinajstić information content (AvgIpc) is 0.811. The summed E-state index contributed by atoms with van der Waals surface area (Å²) in [6, 6.07) is 0. The standard InChI is InChI=1S/3CH3.Cu.Li.H/h3*1H3;;;. The molecule has 0 nitrogen and oxygen atoms in total. The van der Waals surface area contributed by atoms with Crippen molar-refractivity contribution >= 4 is 18.9 Å². The molecule has 0 saturated heterocycles. The van der Waals surface area contributed by atoms with Crippen LogP contribution < -0.4 is 0 Å². The van der Waals surface area contributed by atoms with E-state index in [1.165, 1.54) is 0 Å². The summed E-state index contributed by atoms with van der Waals surface area (Å²) < 4.78 is 0. The molecule has 0 bridgehead atoms. The Morgan fingerprint density at radius 2 is 1.00 bits per heavy atom. The molecule has 2 heteroatoms. The molecule has 0 aromatic rings. The quantitative estimate of drug-likeness (QED) is 0.416. The molecule has 34 valence electrons. The Labute approximate surface area is 50.4 Å². The van der Waals surface area contributed by atoms with Crippen LogP contribution in [0.2, 0.25) is 17.5 Å². The molecule has 0 fully saturated rings. The van der Waals surface area contributed by atoms with Gasteiger partial charge in [-0.3, -0.25) is 0 Å². The fraction of sp³-hybridized carbons (Fsp3) is 1.00. The first-order valence-corrected chi connectivity index (χ1v) is 3.73. The predicted molar refractivity (Wildman–Crippen MR) is 24.7 cm³/mol. The second-order valence-electron chi connectivity index (χ2n) is 0.905. The number of rotatable bonds is 0. The van der Waals surface area contributed by atoms with Crippen molar-refractivity contribution in [3.8, 4) is 0 Å². The first-order valence-electron chi connectivity index (χ1n) is 0.905. The second kappa shape index (κ2) is 5.12. The predicted octanol–water partition coefficient (Wildman–Crippen LogP) is 1.10. The Morgan fingerprint density at radius 1 is 1.00 bits per heavy atom. The van der Waals surface area contributed by atoms with E-state index >= 15 is 0 Å². The van der Waals surface area contributed by atoms with E-state index in [9.17, 15) is 0 Å². The third-order valence-corrected chi connectivity index (χ3v) is 0. The summed E-state index contributed by atoms with van der Waals surface area (Å²) in [5.74, 6) is 6.56. The van der Waals surface area contributed by atoms with Crippen LogP contribution in [0.1, 0.15) is 0 Å². The van der Waals surface area contributed by atoms with Gasteiger partial charge in [-0.1, -0.05) is 0 Å². The molecule has 0 saturated carbocycles. The minimum atomic E-state index is 0. The summed E-state index contributed by atoms with van der Waals surface area (Å²) in [7, 11) is 0. The molecule has 0 atom stereocenters. The van der Waals surface area contributed by atoms with E-state index < -0.39 is 0 Å². The Bertz CT molecular complexity index is 11.6. The first kappa shape index (κ1) is 9.45. The van der Waals surface area contributed by atoms with Crippen LogP contribution in [0.5, 0.6) is 0 Å². The molecule has 0 rings (SSSR count). The molecule has 0 unspecified atom stereocenters. The van der Waals surface area contributed by atoms with Crippen molar-refractivity contribution in [2.24, 2.45) is 0 Å². The molecule has 0 aromatic carbocycles. The fourth-order valence-electron chi connectivity index (χ4n) is 0. The van der Waals surface area contributed by atoms with Crippen molar-refractivity contribution in [1.29, 1.82) is 0 Å². The van der Waals surface area contributed by atoms with Gasteiger partial charge in [0.1, 0.15) is 0 Å². The summed E-state index contributed by atoms with van der Waals surface area (Å²) >= 11 is 0.688. The molecule has 0 aliphatic heterocycles. The van der Waals surface area contributed by atoms with Gasteiger partial charge in [0.05, 0.1) is 0 Å². The van der Waals surface area contributed by atoms with Crippen molar-refractivity contribution in [3.05, 3.63) is 0 Å². The van der Waals surface area contributed by atoms with Gasteiger partial charge >= 0.3 is 50.2 Å². The second-order valence-corrected chi connectivity index (χ2v) is 3.73. The van der Waals surface area contributed by atoms with E-state index in [0.717, 1.165) is 0 Å². The molecule has 0 heterocycles. The zero-order valence-corrected chi connectivity index (χ0v) is 4.24. The fourth-order valence-corrected chi connectivity index (χ4v) is 0. The van der Waals surface area contributed by atoms with Gasteiger partial charge in [0.2, 0.25) is 0 Å². The van der Waals surface area contributed by atoms with Crippen LogP contribution in [-0.4, -0.2) is 18.9 Å². The van der Waals surface area contributed by atoms with Crippen LogP contribution in [0.25, 0.3) is 0 Å². The van der Waals surface area contributed by atoms with E-state index in [4.69, 9.17) is 0 Å². The molecule has 5 heavy (non-hydrogen) atoms. The SMILES string of the molecule is [CH3][Cu]([CH3])[CH3].[LiH]. The average molecular weight is 117 g/mol. The Kier molecular flexibility index (Phi) is 9.67. The molecule has 0 aliphatic rings. The third-order valence-electron chi connectivity index (χ3n) is 0. The van der Waals surface area contributed by atoms with Gasteiger partial charge in [-0.25, -0.2) is 0 Å². The molecule has 0 aromatic heterocycles. The topological polar surface area (TPSA) is 0 Å². The monoisotopic (exact) mass is 116 g/mol. The third kappa shape index (κ3) is 39.9. The normalized spacial score (nSPS) is 9.00. The van der Waals surface area contributed by atoms with Crippen molar-refractivity contribution in [3.63, 3.8) is 0 Å². The van der Waals surface area contributed by atoms with Gasteiger partial charge < -0.3 is 0 Å². The van der Waals surface area contributed by atoms with Crippen LogP contribution >= 0.6 is 0 Å². The van der Waals surface area contributed by atoms with Gasteiger partial charge in [0.25, 0.3) is 0 Å². The summed E-state index contributed by atoms with van der Waals surface area (Å²) in [5.41, 5.74) is 0. The van der Waals surface area contributed by atoms with E-state index in [0.29, 0.717) is 13.9 Å². The summed E-state index contributed by atoms with van der Waals surface area (Å²) in [6.45, 7) is 0. The van der Waals surface area contributed by atoms with Crippen molar-refractivity contribution < 1.29 is 13.9 Å². The molecule has 0 aliphatic carbocycles. The number of hydrogen-bond donors (Lipinski definition) is 0. The molecule has 0 radical (unpaired) electrons. The minimum absolute atomic E-state index is 0. The van der Waals surface area contributed by atoms with Crippen LogP contribution in [0.3, 0.4) is 0 Å². The summed E-state index contributed by atoms with van der Waals surface area (Å²) in [5, 5.41) is 0. The van der Waals surface area contributed by atoms with Crippen molar-refractivity contribution in [1.82, 2.24) is 0 Å². The molecule has 0 spiro atoms. The molecule has 0 N–H and O–H groups in total. The maximum absolute atomic E-state index is 2.19. The van der Waals surface area contributed by atoms with Crippen LogP contribution in [0, 0.1) is 0 Å². The van der Waals surface area contributed by atoms with Crippen LogP contribution in [0.4, 0.5) is 0 Å². The van der Waals surface area contributed by atoms with Gasteiger partial charge in [-0.05, 0) is 0 Å². The van der Waals surface area contributed by atoms with Gasteiger partial charge in [-0.15, -0.1) is 0 Å². The Hall–Kier alpha value is 1.12. The van der Waals surface area contributed by atoms with E-state index in [-0.39, 0.29) is 18.9 Å². The van der Waals surface area contributed by atoms with E-state index in [2.05, 4.69) is 17.5 Å². The summed E-state index contributed by atoms with van der Waals surface area (Å²) in [4.78, 5) is 0.